The van der Waals surface area contributed by atoms with E-state index in [0.29, 0.717) is 15.1 Å². The third-order valence-electron chi connectivity index (χ3n) is 15.4. The highest BCUT2D eigenvalue weighted by molar-refractivity contribution is 6.44. The lowest BCUT2D eigenvalue weighted by Gasteiger charge is -2.31. The minimum absolute atomic E-state index is 0.547. The molecule has 0 aromatic heterocycles. The van der Waals surface area contributed by atoms with Crippen LogP contribution < -0.4 is 20.0 Å². The molecule has 4 nitrogen and oxygen atoms in total. The van der Waals surface area contributed by atoms with Gasteiger partial charge in [-0.2, -0.15) is 0 Å². The second-order valence-corrected chi connectivity index (χ2v) is 22.5. The fraction of sp³-hybridized carbons (Fsp3) is 0. The summed E-state index contributed by atoms with van der Waals surface area (Å²) in [5.41, 5.74) is 20.6. The zero-order valence-electron chi connectivity index (χ0n) is 49.8. The zero-order chi connectivity index (χ0) is 62.0. The summed E-state index contributed by atoms with van der Waals surface area (Å²) in [6.45, 7) is 0. The first-order valence-corrected chi connectivity index (χ1v) is 31.3. The Hall–Kier alpha value is -10.9. The van der Waals surface area contributed by atoms with Crippen LogP contribution in [0.5, 0.6) is 0 Å². The van der Waals surface area contributed by atoms with Crippen molar-refractivity contribution in [1.82, 2.24) is 0 Å². The summed E-state index contributed by atoms with van der Waals surface area (Å²) >= 11 is 20.1. The largest absolute Gasteiger partial charge is 0.356 e. The minimum atomic E-state index is 0.547. The van der Waals surface area contributed by atoms with Crippen molar-refractivity contribution in [1.29, 1.82) is 0 Å². The Morgan fingerprint density at radius 1 is 0.176 bits per heavy atom. The van der Waals surface area contributed by atoms with E-state index in [1.165, 1.54) is 33.4 Å². The predicted octanol–water partition coefficient (Wildman–Crippen LogP) is 25.8. The Morgan fingerprint density at radius 2 is 0.385 bits per heavy atom. The first-order valence-electron chi connectivity index (χ1n) is 30.1. The van der Waals surface area contributed by atoms with Crippen LogP contribution in [0.3, 0.4) is 0 Å². The Morgan fingerprint density at radius 3 is 0.659 bits per heavy atom. The minimum Gasteiger partial charge on any atom is -0.356 e. The van der Waals surface area contributed by atoms with Gasteiger partial charge in [0.15, 0.2) is 0 Å². The van der Waals surface area contributed by atoms with Gasteiger partial charge in [-0.15, -0.1) is 0 Å². The van der Waals surface area contributed by atoms with Gasteiger partial charge < -0.3 is 20.0 Å². The van der Waals surface area contributed by atoms with Gasteiger partial charge in [-0.3, -0.25) is 0 Å². The van der Waals surface area contributed by atoms with Gasteiger partial charge in [-0.05, 0) is 166 Å². The molecule has 14 aromatic carbocycles. The van der Waals surface area contributed by atoms with Crippen LogP contribution in [0.15, 0.2) is 376 Å². The van der Waals surface area contributed by atoms with Crippen LogP contribution in [0.1, 0.15) is 0 Å². The number of halogens is 3. The van der Waals surface area contributed by atoms with Gasteiger partial charge in [0, 0.05) is 45.5 Å². The number of nitrogens with one attached hydrogen (secondary N) is 1. The molecule has 0 saturated carbocycles. The molecule has 14 rings (SSSR count). The molecule has 0 unspecified atom stereocenters. The number of para-hydroxylation sites is 4. The van der Waals surface area contributed by atoms with Crippen LogP contribution in [0, 0.1) is 0 Å². The third-order valence-corrected chi connectivity index (χ3v) is 16.6. The Kier molecular flexibility index (Phi) is 19.9. The smallest absolute Gasteiger partial charge is 0.0887 e. The summed E-state index contributed by atoms with van der Waals surface area (Å²) in [6, 6.07) is 129. The van der Waals surface area contributed by atoms with E-state index in [1.54, 1.807) is 6.07 Å². The second kappa shape index (κ2) is 29.9. The summed E-state index contributed by atoms with van der Waals surface area (Å²) in [5, 5.41) is 5.21. The summed E-state index contributed by atoms with van der Waals surface area (Å²) < 4.78 is 0. The molecule has 0 aliphatic heterocycles. The van der Waals surface area contributed by atoms with Crippen LogP contribution in [0.4, 0.5) is 62.6 Å². The van der Waals surface area contributed by atoms with E-state index in [4.69, 9.17) is 34.8 Å². The van der Waals surface area contributed by atoms with Crippen molar-refractivity contribution in [3.05, 3.63) is 391 Å². The Bertz CT molecular complexity index is 4270. The normalized spacial score (nSPS) is 10.6. The van der Waals surface area contributed by atoms with Crippen molar-refractivity contribution in [3.63, 3.8) is 0 Å². The quantitative estimate of drug-likeness (QED) is 0.110. The average molecular weight is 1230 g/mol. The fourth-order valence-corrected chi connectivity index (χ4v) is 11.6. The van der Waals surface area contributed by atoms with Crippen molar-refractivity contribution >= 4 is 97.4 Å². The number of rotatable bonds is 15. The molecule has 0 radical (unpaired) electrons. The molecule has 0 heterocycles. The maximum absolute atomic E-state index is 7.47. The highest BCUT2D eigenvalue weighted by Crippen LogP contribution is 2.47. The highest BCUT2D eigenvalue weighted by Gasteiger charge is 2.23. The van der Waals surface area contributed by atoms with Crippen molar-refractivity contribution in [2.75, 3.05) is 20.0 Å². The van der Waals surface area contributed by atoms with Crippen LogP contribution in [0.25, 0.3) is 44.5 Å². The first kappa shape index (κ1) is 60.4. The lowest BCUT2D eigenvalue weighted by molar-refractivity contribution is 1.25. The Labute approximate surface area is 549 Å². The molecule has 0 spiro atoms. The monoisotopic (exact) mass is 1230 g/mol. The molecule has 0 aliphatic carbocycles. The average Bonchev–Trinajstić information content (AvgIpc) is 1.86. The van der Waals surface area contributed by atoms with Crippen LogP contribution >= 0.6 is 34.8 Å². The highest BCUT2D eigenvalue weighted by atomic mass is 35.5. The maximum Gasteiger partial charge on any atom is 0.0887 e. The lowest BCUT2D eigenvalue weighted by atomic mass is 10.0. The number of hydrogen-bond acceptors (Lipinski definition) is 4. The molecule has 0 fully saturated rings. The second-order valence-electron chi connectivity index (χ2n) is 21.4. The number of anilines is 11. The van der Waals surface area contributed by atoms with Crippen LogP contribution in [-0.4, -0.2) is 0 Å². The topological polar surface area (TPSA) is 21.8 Å². The van der Waals surface area contributed by atoms with E-state index >= 15 is 0 Å². The molecule has 0 amide bonds. The van der Waals surface area contributed by atoms with E-state index in [2.05, 4.69) is 281 Å². The summed E-state index contributed by atoms with van der Waals surface area (Å²) in [6.07, 6.45) is 0. The van der Waals surface area contributed by atoms with Crippen molar-refractivity contribution in [2.24, 2.45) is 0 Å². The summed E-state index contributed by atoms with van der Waals surface area (Å²) in [7, 11) is 0. The van der Waals surface area contributed by atoms with Gasteiger partial charge >= 0.3 is 0 Å². The van der Waals surface area contributed by atoms with E-state index in [0.717, 1.165) is 73.7 Å². The zero-order valence-corrected chi connectivity index (χ0v) is 52.0. The SMILES string of the molecule is Clc1c(N(c2ccccc2)c2ccccc2)cccc1N(c1ccc(-c2ccccc2)cc1)c1ccc(-c2ccccc2)cc1.Clc1cccc(N(c2ccccc2)c2ccccc2)c1Cl.c1ccc(-c2ccc(Nc3ccc(-c4ccccc4)cc3)cc2)cc1. The molecule has 14 aromatic rings. The van der Waals surface area contributed by atoms with Crippen molar-refractivity contribution < 1.29 is 0 Å². The van der Waals surface area contributed by atoms with Crippen LogP contribution in [0.2, 0.25) is 15.1 Å². The molecule has 7 heteroatoms. The summed E-state index contributed by atoms with van der Waals surface area (Å²) in [4.78, 5) is 6.54. The molecular weight excluding hydrogens is 1170 g/mol. The van der Waals surface area contributed by atoms with E-state index in [1.807, 2.05) is 109 Å². The number of hydrogen-bond donors (Lipinski definition) is 1. The van der Waals surface area contributed by atoms with Crippen molar-refractivity contribution in [2.45, 2.75) is 0 Å². The van der Waals surface area contributed by atoms with Gasteiger partial charge in [0.1, 0.15) is 0 Å². The molecule has 91 heavy (non-hydrogen) atoms. The molecule has 440 valence electrons. The standard InChI is InChI=1S/C42H31ClN2.C24H19N.C18H13Cl2N/c43-42-40(44(36-18-9-3-10-19-36)37-20-11-4-12-21-37)22-13-23-41(42)45(38-28-24-34(25-29-38)32-14-5-1-6-15-32)39-30-26-35(27-31-39)33-16-7-2-8-17-33;1-3-7-19(8-4-1)21-11-15-23(16-12-21)25-24-17-13-22(14-18-24)20-9-5-2-6-10-20;19-16-12-7-13-17(18(16)20)21(14-8-3-1-4-9-14)15-10-5-2-6-11-15/h1-31H;1-18,25H;1-13H. The molecule has 0 atom stereocenters. The molecule has 0 saturated heterocycles. The molecule has 1 N–H and O–H groups in total. The number of benzene rings is 14. The van der Waals surface area contributed by atoms with E-state index < -0.39 is 0 Å². The van der Waals surface area contributed by atoms with E-state index in [9.17, 15) is 0 Å². The molecule has 0 bridgehead atoms. The van der Waals surface area contributed by atoms with Gasteiger partial charge in [0.05, 0.1) is 32.1 Å². The van der Waals surface area contributed by atoms with Gasteiger partial charge in [0.2, 0.25) is 0 Å². The van der Waals surface area contributed by atoms with Gasteiger partial charge in [-0.25, -0.2) is 0 Å². The predicted molar refractivity (Wildman–Crippen MR) is 390 cm³/mol. The first-order chi connectivity index (χ1) is 44.9. The van der Waals surface area contributed by atoms with Crippen molar-refractivity contribution in [3.8, 4) is 44.5 Å². The lowest BCUT2D eigenvalue weighted by Crippen LogP contribution is -2.14. The number of nitrogens with zero attached hydrogens (tertiary/aromatic N) is 3. The third kappa shape index (κ3) is 15.0. The fourth-order valence-electron chi connectivity index (χ4n) is 10.9. The molecule has 0 aliphatic rings. The summed E-state index contributed by atoms with van der Waals surface area (Å²) in [5.74, 6) is 0. The molecular formula is C84H63Cl3N4. The van der Waals surface area contributed by atoms with E-state index in [-0.39, 0.29) is 0 Å². The van der Waals surface area contributed by atoms with Crippen LogP contribution in [-0.2, 0) is 0 Å². The Balaban J connectivity index is 0.000000146. The maximum atomic E-state index is 7.47. The van der Waals surface area contributed by atoms with Gasteiger partial charge in [0.25, 0.3) is 0 Å². The van der Waals surface area contributed by atoms with Gasteiger partial charge in [-0.1, -0.05) is 290 Å².